The molecule has 0 aromatic heterocycles. The smallest absolute Gasteiger partial charge is 0.320 e. The summed E-state index contributed by atoms with van der Waals surface area (Å²) < 4.78 is 0. The standard InChI is InChI=1S/C15H27N3O/c1-12(2)16-8-9-17-14(10-16)11-18(15(17)19)13-6-4-3-5-7-13/h12-14H,3-11H2,1-2H3. The molecule has 19 heavy (non-hydrogen) atoms. The summed E-state index contributed by atoms with van der Waals surface area (Å²) in [5, 5.41) is 0. The molecule has 3 aliphatic rings. The number of hydrogen-bond donors (Lipinski definition) is 0. The van der Waals surface area contributed by atoms with Crippen molar-refractivity contribution in [2.45, 2.75) is 64.1 Å². The van der Waals surface area contributed by atoms with E-state index in [0.717, 1.165) is 26.2 Å². The van der Waals surface area contributed by atoms with E-state index in [0.29, 0.717) is 24.2 Å². The number of amides is 2. The fourth-order valence-corrected chi connectivity index (χ4v) is 3.92. The molecule has 0 spiro atoms. The lowest BCUT2D eigenvalue weighted by Crippen LogP contribution is -2.53. The minimum Gasteiger partial charge on any atom is -0.320 e. The van der Waals surface area contributed by atoms with Crippen LogP contribution in [0.4, 0.5) is 4.79 Å². The maximum atomic E-state index is 12.5. The molecular formula is C15H27N3O. The zero-order valence-electron chi connectivity index (χ0n) is 12.3. The van der Waals surface area contributed by atoms with Crippen molar-refractivity contribution in [1.29, 1.82) is 0 Å². The second-order valence-electron chi connectivity index (χ2n) is 6.66. The van der Waals surface area contributed by atoms with Crippen LogP contribution in [0.15, 0.2) is 0 Å². The van der Waals surface area contributed by atoms with Gasteiger partial charge in [-0.25, -0.2) is 4.79 Å². The van der Waals surface area contributed by atoms with Gasteiger partial charge in [-0.3, -0.25) is 4.90 Å². The average molecular weight is 265 g/mol. The van der Waals surface area contributed by atoms with Gasteiger partial charge in [-0.05, 0) is 26.7 Å². The third-order valence-electron chi connectivity index (χ3n) is 5.16. The number of fused-ring (bicyclic) bond motifs is 1. The first-order chi connectivity index (χ1) is 9.16. The van der Waals surface area contributed by atoms with Crippen LogP contribution in [0.3, 0.4) is 0 Å². The molecule has 0 bridgehead atoms. The Kier molecular flexibility index (Phi) is 3.70. The van der Waals surface area contributed by atoms with Gasteiger partial charge in [0.2, 0.25) is 0 Å². The van der Waals surface area contributed by atoms with E-state index in [1.165, 1.54) is 32.1 Å². The van der Waals surface area contributed by atoms with Crippen LogP contribution in [-0.2, 0) is 0 Å². The van der Waals surface area contributed by atoms with Crippen LogP contribution in [0.2, 0.25) is 0 Å². The molecule has 1 aliphatic carbocycles. The third-order valence-corrected chi connectivity index (χ3v) is 5.16. The molecule has 1 atom stereocenters. The molecule has 4 heteroatoms. The summed E-state index contributed by atoms with van der Waals surface area (Å²) in [6.07, 6.45) is 6.40. The summed E-state index contributed by atoms with van der Waals surface area (Å²) in [4.78, 5) is 19.4. The summed E-state index contributed by atoms with van der Waals surface area (Å²) in [6, 6.07) is 1.88. The molecule has 3 rings (SSSR count). The zero-order chi connectivity index (χ0) is 13.4. The number of piperazine rings is 1. The molecule has 4 nitrogen and oxygen atoms in total. The summed E-state index contributed by atoms with van der Waals surface area (Å²) >= 11 is 0. The fraction of sp³-hybridized carbons (Fsp3) is 0.933. The van der Waals surface area contributed by atoms with Crippen molar-refractivity contribution in [1.82, 2.24) is 14.7 Å². The molecule has 0 aromatic rings. The number of hydrogen-bond acceptors (Lipinski definition) is 2. The summed E-state index contributed by atoms with van der Waals surface area (Å²) in [5.74, 6) is 0. The maximum Gasteiger partial charge on any atom is 0.320 e. The van der Waals surface area contributed by atoms with E-state index in [-0.39, 0.29) is 0 Å². The Labute approximate surface area is 116 Å². The van der Waals surface area contributed by atoms with Crippen molar-refractivity contribution in [2.75, 3.05) is 26.2 Å². The Hall–Kier alpha value is -0.770. The van der Waals surface area contributed by atoms with E-state index in [2.05, 4.69) is 28.5 Å². The molecule has 2 saturated heterocycles. The van der Waals surface area contributed by atoms with Crippen LogP contribution in [-0.4, -0.2) is 65.0 Å². The van der Waals surface area contributed by atoms with Gasteiger partial charge in [0.15, 0.2) is 0 Å². The van der Waals surface area contributed by atoms with Gasteiger partial charge in [-0.15, -0.1) is 0 Å². The van der Waals surface area contributed by atoms with E-state index in [4.69, 9.17) is 0 Å². The van der Waals surface area contributed by atoms with Crippen molar-refractivity contribution >= 4 is 6.03 Å². The lowest BCUT2D eigenvalue weighted by atomic mass is 9.94. The van der Waals surface area contributed by atoms with Crippen LogP contribution in [0.1, 0.15) is 46.0 Å². The van der Waals surface area contributed by atoms with Crippen LogP contribution in [0, 0.1) is 0 Å². The van der Waals surface area contributed by atoms with Crippen molar-refractivity contribution in [3.63, 3.8) is 0 Å². The van der Waals surface area contributed by atoms with Crippen molar-refractivity contribution in [3.8, 4) is 0 Å². The monoisotopic (exact) mass is 265 g/mol. The molecule has 0 radical (unpaired) electrons. The lowest BCUT2D eigenvalue weighted by molar-refractivity contribution is 0.0995. The molecule has 2 amide bonds. The molecular weight excluding hydrogens is 238 g/mol. The highest BCUT2D eigenvalue weighted by molar-refractivity contribution is 5.77. The van der Waals surface area contributed by atoms with Crippen LogP contribution >= 0.6 is 0 Å². The van der Waals surface area contributed by atoms with Gasteiger partial charge in [0, 0.05) is 38.3 Å². The Balaban J connectivity index is 1.66. The van der Waals surface area contributed by atoms with E-state index in [9.17, 15) is 4.79 Å². The Morgan fingerprint density at radius 1 is 0.947 bits per heavy atom. The first kappa shape index (κ1) is 13.2. The van der Waals surface area contributed by atoms with Gasteiger partial charge in [0.1, 0.15) is 0 Å². The van der Waals surface area contributed by atoms with Gasteiger partial charge in [0.25, 0.3) is 0 Å². The van der Waals surface area contributed by atoms with Gasteiger partial charge in [0.05, 0.1) is 6.04 Å². The summed E-state index contributed by atoms with van der Waals surface area (Å²) in [7, 11) is 0. The lowest BCUT2D eigenvalue weighted by Gasteiger charge is -2.38. The largest absolute Gasteiger partial charge is 0.320 e. The van der Waals surface area contributed by atoms with Crippen LogP contribution in [0.25, 0.3) is 0 Å². The topological polar surface area (TPSA) is 26.8 Å². The van der Waals surface area contributed by atoms with Crippen LogP contribution < -0.4 is 0 Å². The average Bonchev–Trinajstić information content (AvgIpc) is 2.76. The highest BCUT2D eigenvalue weighted by atomic mass is 16.2. The Morgan fingerprint density at radius 3 is 2.37 bits per heavy atom. The molecule has 1 saturated carbocycles. The highest BCUT2D eigenvalue weighted by Crippen LogP contribution is 2.29. The predicted molar refractivity (Wildman–Crippen MR) is 76.2 cm³/mol. The second-order valence-corrected chi connectivity index (χ2v) is 6.66. The number of urea groups is 1. The third kappa shape index (κ3) is 2.47. The molecule has 1 unspecified atom stereocenters. The molecule has 2 aliphatic heterocycles. The van der Waals surface area contributed by atoms with Crippen molar-refractivity contribution in [2.24, 2.45) is 0 Å². The molecule has 0 N–H and O–H groups in total. The summed E-state index contributed by atoms with van der Waals surface area (Å²) in [5.41, 5.74) is 0. The number of carbonyl (C=O) groups excluding carboxylic acids is 1. The molecule has 3 fully saturated rings. The normalized spacial score (nSPS) is 30.3. The summed E-state index contributed by atoms with van der Waals surface area (Å²) in [6.45, 7) is 8.50. The SMILES string of the molecule is CC(C)N1CCN2C(=O)N(C3CCCCC3)CC2C1. The van der Waals surface area contributed by atoms with Gasteiger partial charge in [-0.2, -0.15) is 0 Å². The highest BCUT2D eigenvalue weighted by Gasteiger charge is 2.43. The number of nitrogens with zero attached hydrogens (tertiary/aromatic N) is 3. The quantitative estimate of drug-likeness (QED) is 0.765. The van der Waals surface area contributed by atoms with Gasteiger partial charge >= 0.3 is 6.03 Å². The first-order valence-electron chi connectivity index (χ1n) is 7.98. The van der Waals surface area contributed by atoms with Crippen LogP contribution in [0.5, 0.6) is 0 Å². The zero-order valence-corrected chi connectivity index (χ0v) is 12.3. The van der Waals surface area contributed by atoms with Gasteiger partial charge < -0.3 is 9.80 Å². The molecule has 0 aromatic carbocycles. The minimum atomic E-state index is 0.320. The Bertz CT molecular complexity index is 338. The number of rotatable bonds is 2. The van der Waals surface area contributed by atoms with E-state index < -0.39 is 0 Å². The van der Waals surface area contributed by atoms with E-state index >= 15 is 0 Å². The maximum absolute atomic E-state index is 12.5. The number of carbonyl (C=O) groups is 1. The van der Waals surface area contributed by atoms with Crippen molar-refractivity contribution in [3.05, 3.63) is 0 Å². The minimum absolute atomic E-state index is 0.320. The molecule has 2 heterocycles. The Morgan fingerprint density at radius 2 is 1.68 bits per heavy atom. The van der Waals surface area contributed by atoms with E-state index in [1.54, 1.807) is 0 Å². The van der Waals surface area contributed by atoms with Gasteiger partial charge in [-0.1, -0.05) is 19.3 Å². The first-order valence-corrected chi connectivity index (χ1v) is 7.98. The molecule has 108 valence electrons. The predicted octanol–water partition coefficient (Wildman–Crippen LogP) is 2.15. The van der Waals surface area contributed by atoms with E-state index in [1.807, 2.05) is 0 Å². The second kappa shape index (κ2) is 5.31. The fourth-order valence-electron chi connectivity index (χ4n) is 3.92. The van der Waals surface area contributed by atoms with Crippen molar-refractivity contribution < 1.29 is 4.79 Å².